The van der Waals surface area contributed by atoms with Crippen LogP contribution < -0.4 is 0 Å². The fraction of sp³-hybridized carbons (Fsp3) is 0.118. The molecule has 0 aliphatic rings. The maximum atomic E-state index is 11.6. The fourth-order valence-corrected chi connectivity index (χ4v) is 2.73. The maximum Gasteiger partial charge on any atom is 0.269 e. The normalized spacial score (nSPS) is 10.8. The second-order valence-corrected chi connectivity index (χ2v) is 5.28. The lowest BCUT2D eigenvalue weighted by Crippen LogP contribution is -1.89. The number of aromatic nitrogens is 1. The first-order valence-electron chi connectivity index (χ1n) is 6.85. The predicted molar refractivity (Wildman–Crippen MR) is 85.3 cm³/mol. The lowest BCUT2D eigenvalue weighted by Gasteiger charge is -2.00. The molecular weight excluding hydrogens is 280 g/mol. The van der Waals surface area contributed by atoms with Gasteiger partial charge in [0.25, 0.3) is 5.69 Å². The third kappa shape index (κ3) is 2.07. The number of carbonyl (C=O) groups excluding carboxylic acids is 1. The molecule has 3 rings (SSSR count). The molecule has 1 N–H and O–H groups in total. The summed E-state index contributed by atoms with van der Waals surface area (Å²) in [5, 5.41) is 11.6. The van der Waals surface area contributed by atoms with Crippen molar-refractivity contribution in [1.29, 1.82) is 0 Å². The van der Waals surface area contributed by atoms with Crippen LogP contribution >= 0.6 is 0 Å². The molecule has 1 heterocycles. The highest BCUT2D eigenvalue weighted by atomic mass is 16.6. The van der Waals surface area contributed by atoms with E-state index in [4.69, 9.17) is 0 Å². The van der Waals surface area contributed by atoms with Gasteiger partial charge in [0, 0.05) is 28.6 Å². The van der Waals surface area contributed by atoms with Crippen LogP contribution in [0.5, 0.6) is 0 Å². The van der Waals surface area contributed by atoms with E-state index in [2.05, 4.69) is 4.98 Å². The molecule has 1 aromatic heterocycles. The number of aryl methyl sites for hydroxylation is 2. The molecule has 2 aromatic carbocycles. The monoisotopic (exact) mass is 294 g/mol. The number of non-ortho nitro benzene ring substituents is 1. The van der Waals surface area contributed by atoms with Gasteiger partial charge in [-0.2, -0.15) is 0 Å². The highest BCUT2D eigenvalue weighted by molar-refractivity contribution is 6.06. The lowest BCUT2D eigenvalue weighted by atomic mass is 10.0. The Morgan fingerprint density at radius 2 is 1.68 bits per heavy atom. The molecular formula is C17H14N2O3. The zero-order valence-electron chi connectivity index (χ0n) is 12.2. The molecule has 0 radical (unpaired) electrons. The first-order chi connectivity index (χ1) is 10.5. The Balaban J connectivity index is 2.27. The van der Waals surface area contributed by atoms with Crippen molar-refractivity contribution < 1.29 is 9.72 Å². The van der Waals surface area contributed by atoms with Crippen molar-refractivity contribution in [1.82, 2.24) is 4.98 Å². The number of hydrogen-bond donors (Lipinski definition) is 1. The molecule has 0 fully saturated rings. The van der Waals surface area contributed by atoms with Gasteiger partial charge in [0.1, 0.15) is 0 Å². The molecule has 0 aliphatic carbocycles. The van der Waals surface area contributed by atoms with E-state index < -0.39 is 4.92 Å². The van der Waals surface area contributed by atoms with Crippen LogP contribution in [-0.2, 0) is 0 Å². The third-order valence-electron chi connectivity index (χ3n) is 3.90. The highest BCUT2D eigenvalue weighted by Crippen LogP contribution is 2.33. The molecule has 5 nitrogen and oxygen atoms in total. The number of aromatic amines is 1. The van der Waals surface area contributed by atoms with E-state index in [1.807, 2.05) is 26.0 Å². The molecule has 0 saturated heterocycles. The number of nitrogens with zero attached hydrogens (tertiary/aromatic N) is 1. The summed E-state index contributed by atoms with van der Waals surface area (Å²) in [7, 11) is 0. The van der Waals surface area contributed by atoms with Crippen molar-refractivity contribution in [2.75, 3.05) is 0 Å². The van der Waals surface area contributed by atoms with Crippen LogP contribution in [0.3, 0.4) is 0 Å². The minimum absolute atomic E-state index is 0.0277. The maximum absolute atomic E-state index is 11.6. The zero-order chi connectivity index (χ0) is 15.9. The second kappa shape index (κ2) is 5.11. The van der Waals surface area contributed by atoms with Gasteiger partial charge in [0.2, 0.25) is 0 Å². The van der Waals surface area contributed by atoms with Crippen molar-refractivity contribution >= 4 is 22.9 Å². The van der Waals surface area contributed by atoms with E-state index in [0.717, 1.165) is 33.9 Å². The summed E-state index contributed by atoms with van der Waals surface area (Å²) < 4.78 is 0. The van der Waals surface area contributed by atoms with Crippen molar-refractivity contribution in [2.24, 2.45) is 0 Å². The molecule has 0 unspecified atom stereocenters. The van der Waals surface area contributed by atoms with Crippen LogP contribution in [0.4, 0.5) is 5.69 Å². The van der Waals surface area contributed by atoms with E-state index >= 15 is 0 Å². The van der Waals surface area contributed by atoms with E-state index in [9.17, 15) is 14.9 Å². The number of H-pyrrole nitrogens is 1. The number of benzene rings is 2. The molecule has 0 aliphatic heterocycles. The van der Waals surface area contributed by atoms with E-state index in [-0.39, 0.29) is 5.69 Å². The van der Waals surface area contributed by atoms with Crippen LogP contribution in [0.1, 0.15) is 21.5 Å². The molecule has 22 heavy (non-hydrogen) atoms. The Hall–Kier alpha value is -2.95. The molecule has 0 spiro atoms. The molecule has 0 saturated carbocycles. The Kier molecular flexibility index (Phi) is 3.25. The SMILES string of the molecule is Cc1ccc(C)c2c(C=O)c(-c3ccc([N+](=O)[O-])cc3)[nH]c12. The predicted octanol–water partition coefficient (Wildman–Crippen LogP) is 4.17. The number of nitro groups is 1. The van der Waals surface area contributed by atoms with Gasteiger partial charge in [-0.05, 0) is 42.7 Å². The summed E-state index contributed by atoms with van der Waals surface area (Å²) in [4.78, 5) is 25.2. The summed E-state index contributed by atoms with van der Waals surface area (Å²) in [5.41, 5.74) is 5.06. The van der Waals surface area contributed by atoms with E-state index in [1.165, 1.54) is 12.1 Å². The number of nitrogens with one attached hydrogen (secondary N) is 1. The zero-order valence-corrected chi connectivity index (χ0v) is 12.2. The van der Waals surface area contributed by atoms with Gasteiger partial charge in [0.05, 0.1) is 10.6 Å². The quantitative estimate of drug-likeness (QED) is 0.447. The molecule has 5 heteroatoms. The summed E-state index contributed by atoms with van der Waals surface area (Å²) in [6.45, 7) is 3.94. The van der Waals surface area contributed by atoms with E-state index in [1.54, 1.807) is 12.1 Å². The van der Waals surface area contributed by atoms with Crippen molar-refractivity contribution in [2.45, 2.75) is 13.8 Å². The molecule has 0 bridgehead atoms. The summed E-state index contributed by atoms with van der Waals surface area (Å²) in [6.07, 6.45) is 0.835. The fourth-order valence-electron chi connectivity index (χ4n) is 2.73. The number of fused-ring (bicyclic) bond motifs is 1. The molecule has 0 atom stereocenters. The highest BCUT2D eigenvalue weighted by Gasteiger charge is 2.16. The number of carbonyl (C=O) groups is 1. The third-order valence-corrected chi connectivity index (χ3v) is 3.90. The van der Waals surface area contributed by atoms with Crippen LogP contribution in [0, 0.1) is 24.0 Å². The Bertz CT molecular complexity index is 892. The number of aldehydes is 1. The van der Waals surface area contributed by atoms with Gasteiger partial charge in [-0.1, -0.05) is 12.1 Å². The number of rotatable bonds is 3. The van der Waals surface area contributed by atoms with Crippen LogP contribution in [-0.4, -0.2) is 16.2 Å². The topological polar surface area (TPSA) is 76.0 Å². The molecule has 3 aromatic rings. The van der Waals surface area contributed by atoms with Crippen LogP contribution in [0.25, 0.3) is 22.2 Å². The average Bonchev–Trinajstić information content (AvgIpc) is 2.92. The minimum Gasteiger partial charge on any atom is -0.354 e. The summed E-state index contributed by atoms with van der Waals surface area (Å²) >= 11 is 0. The smallest absolute Gasteiger partial charge is 0.269 e. The Labute approximate surface area is 126 Å². The number of nitro benzene ring substituents is 1. The van der Waals surface area contributed by atoms with Gasteiger partial charge in [-0.3, -0.25) is 14.9 Å². The van der Waals surface area contributed by atoms with E-state index in [0.29, 0.717) is 11.3 Å². The molecule has 0 amide bonds. The summed E-state index contributed by atoms with van der Waals surface area (Å²) in [6, 6.07) is 10.2. The number of hydrogen-bond acceptors (Lipinski definition) is 3. The van der Waals surface area contributed by atoms with Gasteiger partial charge in [-0.15, -0.1) is 0 Å². The average molecular weight is 294 g/mol. The van der Waals surface area contributed by atoms with Gasteiger partial charge >= 0.3 is 0 Å². The standard InChI is InChI=1S/C17H14N2O3/c1-10-3-4-11(2)16-15(10)14(9-20)17(18-16)12-5-7-13(8-6-12)19(21)22/h3-9,18H,1-2H3. The van der Waals surface area contributed by atoms with Crippen LogP contribution in [0.2, 0.25) is 0 Å². The van der Waals surface area contributed by atoms with Gasteiger partial charge in [-0.25, -0.2) is 0 Å². The second-order valence-electron chi connectivity index (χ2n) is 5.28. The Morgan fingerprint density at radius 3 is 2.27 bits per heavy atom. The summed E-state index contributed by atoms with van der Waals surface area (Å²) in [5.74, 6) is 0. The van der Waals surface area contributed by atoms with Crippen molar-refractivity contribution in [3.8, 4) is 11.3 Å². The first-order valence-corrected chi connectivity index (χ1v) is 6.85. The largest absolute Gasteiger partial charge is 0.354 e. The lowest BCUT2D eigenvalue weighted by molar-refractivity contribution is -0.384. The molecule has 110 valence electrons. The van der Waals surface area contributed by atoms with Gasteiger partial charge in [0.15, 0.2) is 6.29 Å². The first kappa shape index (κ1) is 14.0. The van der Waals surface area contributed by atoms with Crippen molar-refractivity contribution in [3.05, 3.63) is 63.2 Å². The van der Waals surface area contributed by atoms with Gasteiger partial charge < -0.3 is 4.98 Å². The van der Waals surface area contributed by atoms with Crippen LogP contribution in [0.15, 0.2) is 36.4 Å². The van der Waals surface area contributed by atoms with Crippen molar-refractivity contribution in [3.63, 3.8) is 0 Å². The minimum atomic E-state index is -0.441. The Morgan fingerprint density at radius 1 is 1.05 bits per heavy atom.